The summed E-state index contributed by atoms with van der Waals surface area (Å²) in [5.74, 6) is 1.61. The van der Waals surface area contributed by atoms with Crippen LogP contribution in [0.1, 0.15) is 31.7 Å². The predicted octanol–water partition coefficient (Wildman–Crippen LogP) is 1.85. The van der Waals surface area contributed by atoms with E-state index < -0.39 is 0 Å². The first-order chi connectivity index (χ1) is 10.3. The molecule has 0 aliphatic carbocycles. The molecule has 0 saturated heterocycles. The lowest BCUT2D eigenvalue weighted by molar-refractivity contribution is -0.120. The van der Waals surface area contributed by atoms with Crippen LogP contribution in [0.4, 0.5) is 0 Å². The fourth-order valence-corrected chi connectivity index (χ4v) is 2.31. The molecule has 1 aliphatic rings. The lowest BCUT2D eigenvalue weighted by atomic mass is 10.2. The summed E-state index contributed by atoms with van der Waals surface area (Å²) in [6.45, 7) is 4.88. The standard InChI is InChI=1S/C16H24N2O3/c1-2-20-14-8-6-7-13-11-17-12-15(19)18-9-4-3-5-10-21-16(13)14/h6-8,17H,2-5,9-12H2,1H3,(H,18,19). The zero-order valence-electron chi connectivity index (χ0n) is 12.6. The second kappa shape index (κ2) is 8.52. The highest BCUT2D eigenvalue weighted by Gasteiger charge is 2.12. The molecule has 0 aromatic heterocycles. The van der Waals surface area contributed by atoms with Crippen molar-refractivity contribution in [1.29, 1.82) is 0 Å². The van der Waals surface area contributed by atoms with Crippen molar-refractivity contribution >= 4 is 5.91 Å². The first kappa shape index (κ1) is 15.6. The Morgan fingerprint density at radius 1 is 1.24 bits per heavy atom. The van der Waals surface area contributed by atoms with Gasteiger partial charge in [0.1, 0.15) is 0 Å². The second-order valence-corrected chi connectivity index (χ2v) is 5.04. The highest BCUT2D eigenvalue weighted by molar-refractivity contribution is 5.77. The van der Waals surface area contributed by atoms with E-state index >= 15 is 0 Å². The van der Waals surface area contributed by atoms with Gasteiger partial charge in [0.25, 0.3) is 0 Å². The fraction of sp³-hybridized carbons (Fsp3) is 0.562. The monoisotopic (exact) mass is 292 g/mol. The van der Waals surface area contributed by atoms with Gasteiger partial charge in [-0.25, -0.2) is 0 Å². The summed E-state index contributed by atoms with van der Waals surface area (Å²) < 4.78 is 11.6. The molecule has 1 aromatic carbocycles. The van der Waals surface area contributed by atoms with E-state index in [1.807, 2.05) is 25.1 Å². The van der Waals surface area contributed by atoms with Gasteiger partial charge in [-0.3, -0.25) is 4.79 Å². The Hall–Kier alpha value is -1.75. The maximum absolute atomic E-state index is 11.6. The Morgan fingerprint density at radius 2 is 2.14 bits per heavy atom. The number of benzene rings is 1. The van der Waals surface area contributed by atoms with E-state index in [1.165, 1.54) is 0 Å². The molecule has 0 saturated carbocycles. The molecule has 1 aliphatic heterocycles. The Labute approximate surface area is 126 Å². The maximum Gasteiger partial charge on any atom is 0.233 e. The van der Waals surface area contributed by atoms with Crippen molar-refractivity contribution in [2.75, 3.05) is 26.3 Å². The molecule has 0 bridgehead atoms. The molecule has 0 radical (unpaired) electrons. The smallest absolute Gasteiger partial charge is 0.233 e. The number of carbonyl (C=O) groups excluding carboxylic acids is 1. The van der Waals surface area contributed by atoms with Gasteiger partial charge >= 0.3 is 0 Å². The molecule has 21 heavy (non-hydrogen) atoms. The van der Waals surface area contributed by atoms with Gasteiger partial charge in [0, 0.05) is 18.7 Å². The summed E-state index contributed by atoms with van der Waals surface area (Å²) in [7, 11) is 0. The van der Waals surface area contributed by atoms with E-state index in [4.69, 9.17) is 9.47 Å². The van der Waals surface area contributed by atoms with Crippen molar-refractivity contribution in [2.24, 2.45) is 0 Å². The van der Waals surface area contributed by atoms with Crippen LogP contribution in [0.15, 0.2) is 18.2 Å². The molecule has 5 heteroatoms. The molecule has 0 atom stereocenters. The van der Waals surface area contributed by atoms with E-state index in [-0.39, 0.29) is 5.91 Å². The van der Waals surface area contributed by atoms with Crippen LogP contribution in [0, 0.1) is 0 Å². The Balaban J connectivity index is 2.13. The van der Waals surface area contributed by atoms with Gasteiger partial charge in [0.15, 0.2) is 11.5 Å². The molecule has 1 heterocycles. The molecule has 2 N–H and O–H groups in total. The van der Waals surface area contributed by atoms with Crippen LogP contribution >= 0.6 is 0 Å². The van der Waals surface area contributed by atoms with Crippen molar-refractivity contribution in [3.05, 3.63) is 23.8 Å². The van der Waals surface area contributed by atoms with Gasteiger partial charge < -0.3 is 20.1 Å². The quantitative estimate of drug-likeness (QED) is 0.873. The first-order valence-corrected chi connectivity index (χ1v) is 7.66. The van der Waals surface area contributed by atoms with Crippen LogP contribution in [0.25, 0.3) is 0 Å². The van der Waals surface area contributed by atoms with Crippen LogP contribution in [0.2, 0.25) is 0 Å². The average molecular weight is 292 g/mol. The first-order valence-electron chi connectivity index (χ1n) is 7.66. The van der Waals surface area contributed by atoms with Crippen molar-refractivity contribution in [1.82, 2.24) is 10.6 Å². The molecular weight excluding hydrogens is 268 g/mol. The maximum atomic E-state index is 11.6. The minimum absolute atomic E-state index is 0.0395. The third-order valence-electron chi connectivity index (χ3n) is 3.35. The molecule has 0 spiro atoms. The average Bonchev–Trinajstić information content (AvgIpc) is 2.49. The summed E-state index contributed by atoms with van der Waals surface area (Å²) in [6, 6.07) is 5.88. The number of fused-ring (bicyclic) bond motifs is 1. The topological polar surface area (TPSA) is 59.6 Å². The minimum atomic E-state index is 0.0395. The van der Waals surface area contributed by atoms with Crippen molar-refractivity contribution in [3.63, 3.8) is 0 Å². The number of hydrogen-bond donors (Lipinski definition) is 2. The number of para-hydroxylation sites is 1. The van der Waals surface area contributed by atoms with E-state index in [0.717, 1.165) is 42.9 Å². The number of rotatable bonds is 2. The highest BCUT2D eigenvalue weighted by Crippen LogP contribution is 2.31. The van der Waals surface area contributed by atoms with E-state index in [2.05, 4.69) is 10.6 Å². The molecule has 1 aromatic rings. The van der Waals surface area contributed by atoms with Crippen molar-refractivity contribution < 1.29 is 14.3 Å². The number of amides is 1. The summed E-state index contributed by atoms with van der Waals surface area (Å²) in [4.78, 5) is 11.6. The van der Waals surface area contributed by atoms with E-state index in [1.54, 1.807) is 0 Å². The third-order valence-corrected chi connectivity index (χ3v) is 3.35. The van der Waals surface area contributed by atoms with Gasteiger partial charge in [-0.1, -0.05) is 12.1 Å². The molecule has 1 amide bonds. The van der Waals surface area contributed by atoms with E-state index in [9.17, 15) is 4.79 Å². The number of hydrogen-bond acceptors (Lipinski definition) is 4. The lowest BCUT2D eigenvalue weighted by Crippen LogP contribution is -2.34. The minimum Gasteiger partial charge on any atom is -0.490 e. The number of ether oxygens (including phenoxy) is 2. The van der Waals surface area contributed by atoms with Gasteiger partial charge in [0.2, 0.25) is 5.91 Å². The van der Waals surface area contributed by atoms with Crippen molar-refractivity contribution in [2.45, 2.75) is 32.7 Å². The Morgan fingerprint density at radius 3 is 3.00 bits per heavy atom. The molecular formula is C16H24N2O3. The normalized spacial score (nSPS) is 17.3. The molecule has 5 nitrogen and oxygen atoms in total. The second-order valence-electron chi connectivity index (χ2n) is 5.04. The van der Waals surface area contributed by atoms with Crippen LogP contribution in [0.3, 0.4) is 0 Å². The van der Waals surface area contributed by atoms with Gasteiger partial charge in [0.05, 0.1) is 19.8 Å². The van der Waals surface area contributed by atoms with E-state index in [0.29, 0.717) is 26.3 Å². The summed E-state index contributed by atoms with van der Waals surface area (Å²) in [5, 5.41) is 6.06. The zero-order valence-corrected chi connectivity index (χ0v) is 12.6. The van der Waals surface area contributed by atoms with Crippen molar-refractivity contribution in [3.8, 4) is 11.5 Å². The SMILES string of the molecule is CCOc1cccc2c1OCCCCCNC(=O)CNC2. The molecule has 0 unspecified atom stereocenters. The predicted molar refractivity (Wildman–Crippen MR) is 81.7 cm³/mol. The van der Waals surface area contributed by atoms with Gasteiger partial charge in [-0.05, 0) is 32.3 Å². The third kappa shape index (κ3) is 4.93. The van der Waals surface area contributed by atoms with Crippen LogP contribution in [-0.4, -0.2) is 32.2 Å². The Bertz CT molecular complexity index is 463. The van der Waals surface area contributed by atoms with Gasteiger partial charge in [-0.2, -0.15) is 0 Å². The summed E-state index contributed by atoms with van der Waals surface area (Å²) in [5.41, 5.74) is 1.02. The number of nitrogens with one attached hydrogen (secondary N) is 2. The number of carbonyl (C=O) groups is 1. The Kier molecular flexibility index (Phi) is 6.34. The lowest BCUT2D eigenvalue weighted by Gasteiger charge is -2.16. The summed E-state index contributed by atoms with van der Waals surface area (Å²) in [6.07, 6.45) is 3.00. The highest BCUT2D eigenvalue weighted by atomic mass is 16.5. The fourth-order valence-electron chi connectivity index (χ4n) is 2.31. The molecule has 116 valence electrons. The van der Waals surface area contributed by atoms with Crippen LogP contribution in [-0.2, 0) is 11.3 Å². The largest absolute Gasteiger partial charge is 0.490 e. The van der Waals surface area contributed by atoms with Gasteiger partial charge in [-0.15, -0.1) is 0 Å². The molecule has 0 fully saturated rings. The van der Waals surface area contributed by atoms with Crippen LogP contribution < -0.4 is 20.1 Å². The summed E-state index contributed by atoms with van der Waals surface area (Å²) >= 11 is 0. The molecule has 2 rings (SSSR count). The van der Waals surface area contributed by atoms with Crippen LogP contribution in [0.5, 0.6) is 11.5 Å². The zero-order chi connectivity index (χ0) is 14.9.